The first kappa shape index (κ1) is 7.10. The van der Waals surface area contributed by atoms with Gasteiger partial charge in [-0.2, -0.15) is 0 Å². The molecule has 0 aromatic rings. The molecule has 1 saturated heterocycles. The lowest BCUT2D eigenvalue weighted by Gasteiger charge is -2.22. The van der Waals surface area contributed by atoms with E-state index < -0.39 is 5.97 Å². The Balaban J connectivity index is 2.07. The van der Waals surface area contributed by atoms with Crippen LogP contribution in [0.3, 0.4) is 0 Å². The molecule has 0 amide bonds. The fraction of sp³-hybridized carbons (Fsp3) is 0.875. The van der Waals surface area contributed by atoms with E-state index in [4.69, 9.17) is 9.84 Å². The fourth-order valence-electron chi connectivity index (χ4n) is 2.14. The first-order chi connectivity index (χ1) is 5.27. The molecule has 3 nitrogen and oxygen atoms in total. The quantitative estimate of drug-likeness (QED) is 0.613. The predicted molar refractivity (Wildman–Crippen MR) is 38.2 cm³/mol. The zero-order chi connectivity index (χ0) is 7.84. The Morgan fingerprint density at radius 2 is 2.27 bits per heavy atom. The third-order valence-corrected chi connectivity index (χ3v) is 2.80. The van der Waals surface area contributed by atoms with Gasteiger partial charge in [-0.05, 0) is 25.2 Å². The second kappa shape index (κ2) is 2.48. The summed E-state index contributed by atoms with van der Waals surface area (Å²) in [4.78, 5) is 10.7. The van der Waals surface area contributed by atoms with E-state index in [1.165, 1.54) is 0 Å². The molecule has 1 aliphatic heterocycles. The zero-order valence-corrected chi connectivity index (χ0v) is 6.32. The molecule has 62 valence electrons. The van der Waals surface area contributed by atoms with Crippen molar-refractivity contribution < 1.29 is 14.6 Å². The highest BCUT2D eigenvalue weighted by atomic mass is 16.5. The third kappa shape index (κ3) is 1.13. The number of hydrogen-bond acceptors (Lipinski definition) is 2. The molecule has 3 atom stereocenters. The van der Waals surface area contributed by atoms with E-state index in [0.717, 1.165) is 19.3 Å². The summed E-state index contributed by atoms with van der Waals surface area (Å²) < 4.78 is 5.39. The molecule has 0 aromatic carbocycles. The van der Waals surface area contributed by atoms with E-state index in [-0.39, 0.29) is 5.92 Å². The minimum atomic E-state index is -0.640. The van der Waals surface area contributed by atoms with E-state index in [2.05, 4.69) is 0 Å². The topological polar surface area (TPSA) is 46.5 Å². The van der Waals surface area contributed by atoms with Gasteiger partial charge in [0.15, 0.2) is 0 Å². The molecule has 3 heteroatoms. The largest absolute Gasteiger partial charge is 0.481 e. The van der Waals surface area contributed by atoms with Gasteiger partial charge >= 0.3 is 5.97 Å². The summed E-state index contributed by atoms with van der Waals surface area (Å²) in [6.07, 6.45) is 3.09. The maximum atomic E-state index is 10.7. The molecule has 0 aromatic heterocycles. The minimum Gasteiger partial charge on any atom is -0.481 e. The molecule has 2 fully saturated rings. The van der Waals surface area contributed by atoms with Gasteiger partial charge in [-0.25, -0.2) is 0 Å². The van der Waals surface area contributed by atoms with Crippen LogP contribution < -0.4 is 0 Å². The Kier molecular flexibility index (Phi) is 1.60. The molecular weight excluding hydrogens is 144 g/mol. The minimum absolute atomic E-state index is 0.131. The monoisotopic (exact) mass is 156 g/mol. The normalized spacial score (nSPS) is 42.4. The zero-order valence-electron chi connectivity index (χ0n) is 6.32. The van der Waals surface area contributed by atoms with Crippen molar-refractivity contribution in [3.8, 4) is 0 Å². The summed E-state index contributed by atoms with van der Waals surface area (Å²) in [6, 6.07) is 0. The van der Waals surface area contributed by atoms with Crippen molar-refractivity contribution in [2.24, 2.45) is 11.8 Å². The maximum Gasteiger partial charge on any atom is 0.306 e. The van der Waals surface area contributed by atoms with Gasteiger partial charge in [0.2, 0.25) is 0 Å². The van der Waals surface area contributed by atoms with Gasteiger partial charge in [0, 0.05) is 0 Å². The second-order valence-corrected chi connectivity index (χ2v) is 3.47. The van der Waals surface area contributed by atoms with Crippen LogP contribution in [0.4, 0.5) is 0 Å². The summed E-state index contributed by atoms with van der Waals surface area (Å²) in [6.45, 7) is 0.668. The highest BCUT2D eigenvalue weighted by Gasteiger charge is 2.40. The molecule has 0 unspecified atom stereocenters. The van der Waals surface area contributed by atoms with E-state index in [9.17, 15) is 4.79 Å². The number of aliphatic carboxylic acids is 1. The maximum absolute atomic E-state index is 10.7. The lowest BCUT2D eigenvalue weighted by molar-refractivity contribution is -0.144. The van der Waals surface area contributed by atoms with Crippen molar-refractivity contribution in [3.05, 3.63) is 0 Å². The van der Waals surface area contributed by atoms with Crippen molar-refractivity contribution >= 4 is 5.97 Å². The van der Waals surface area contributed by atoms with Crippen LogP contribution in [0, 0.1) is 11.8 Å². The molecule has 11 heavy (non-hydrogen) atoms. The first-order valence-electron chi connectivity index (χ1n) is 4.12. The van der Waals surface area contributed by atoms with Crippen LogP contribution in [-0.2, 0) is 9.53 Å². The summed E-state index contributed by atoms with van der Waals surface area (Å²) in [5, 5.41) is 8.80. The molecule has 1 aliphatic carbocycles. The number of carboxylic acid groups (broad SMARTS) is 1. The van der Waals surface area contributed by atoms with Crippen molar-refractivity contribution in [1.82, 2.24) is 0 Å². The Bertz CT molecular complexity index is 178. The molecule has 2 bridgehead atoms. The molecular formula is C8H12O3. The highest BCUT2D eigenvalue weighted by Crippen LogP contribution is 2.37. The van der Waals surface area contributed by atoms with E-state index in [1.807, 2.05) is 0 Å². The Labute approximate surface area is 65.4 Å². The number of fused-ring (bicyclic) bond motifs is 2. The molecule has 2 aliphatic rings. The SMILES string of the molecule is O=C(O)[C@@H]1CC[C@H]2C[C@@H]1CO2. The van der Waals surface area contributed by atoms with Crippen LogP contribution in [0.2, 0.25) is 0 Å². The van der Waals surface area contributed by atoms with Gasteiger partial charge in [0.1, 0.15) is 0 Å². The lowest BCUT2D eigenvalue weighted by atomic mass is 9.80. The standard InChI is InChI=1S/C8H12O3/c9-8(10)7-2-1-6-3-5(7)4-11-6/h5-7H,1-4H2,(H,9,10)/t5-,6+,7-/m1/s1. The van der Waals surface area contributed by atoms with E-state index in [1.54, 1.807) is 0 Å². The average Bonchev–Trinajstić information content (AvgIpc) is 2.32. The van der Waals surface area contributed by atoms with Gasteiger partial charge in [-0.3, -0.25) is 4.79 Å². The number of rotatable bonds is 1. The molecule has 1 saturated carbocycles. The third-order valence-electron chi connectivity index (χ3n) is 2.80. The lowest BCUT2D eigenvalue weighted by Crippen LogP contribution is -2.27. The molecule has 0 spiro atoms. The van der Waals surface area contributed by atoms with E-state index >= 15 is 0 Å². The number of ether oxygens (including phenoxy) is 1. The second-order valence-electron chi connectivity index (χ2n) is 3.47. The summed E-state index contributed by atoms with van der Waals surface area (Å²) >= 11 is 0. The van der Waals surface area contributed by atoms with Crippen LogP contribution in [0.1, 0.15) is 19.3 Å². The fourth-order valence-corrected chi connectivity index (χ4v) is 2.14. The van der Waals surface area contributed by atoms with Crippen LogP contribution in [0.25, 0.3) is 0 Å². The number of carboxylic acids is 1. The summed E-state index contributed by atoms with van der Waals surface area (Å²) in [5.74, 6) is -0.473. The van der Waals surface area contributed by atoms with Crippen molar-refractivity contribution in [2.45, 2.75) is 25.4 Å². The molecule has 1 heterocycles. The van der Waals surface area contributed by atoms with Crippen LogP contribution in [-0.4, -0.2) is 23.8 Å². The van der Waals surface area contributed by atoms with Crippen LogP contribution in [0.15, 0.2) is 0 Å². The highest BCUT2D eigenvalue weighted by molar-refractivity contribution is 5.70. The van der Waals surface area contributed by atoms with Gasteiger partial charge < -0.3 is 9.84 Å². The predicted octanol–water partition coefficient (Wildman–Crippen LogP) is 0.886. The van der Waals surface area contributed by atoms with Gasteiger partial charge in [0.25, 0.3) is 0 Å². The summed E-state index contributed by atoms with van der Waals surface area (Å²) in [5.41, 5.74) is 0. The van der Waals surface area contributed by atoms with Crippen molar-refractivity contribution in [3.63, 3.8) is 0 Å². The van der Waals surface area contributed by atoms with Crippen LogP contribution in [0.5, 0.6) is 0 Å². The molecule has 1 N–H and O–H groups in total. The van der Waals surface area contributed by atoms with Gasteiger partial charge in [-0.15, -0.1) is 0 Å². The van der Waals surface area contributed by atoms with Gasteiger partial charge in [0.05, 0.1) is 18.6 Å². The Hall–Kier alpha value is -0.570. The number of hydrogen-bond donors (Lipinski definition) is 1. The van der Waals surface area contributed by atoms with Crippen LogP contribution >= 0.6 is 0 Å². The summed E-state index contributed by atoms with van der Waals surface area (Å²) in [7, 11) is 0. The smallest absolute Gasteiger partial charge is 0.306 e. The van der Waals surface area contributed by atoms with Gasteiger partial charge in [-0.1, -0.05) is 0 Å². The van der Waals surface area contributed by atoms with Crippen molar-refractivity contribution in [1.29, 1.82) is 0 Å². The molecule has 2 rings (SSSR count). The average molecular weight is 156 g/mol. The number of carbonyl (C=O) groups is 1. The Morgan fingerprint density at radius 3 is 3.00 bits per heavy atom. The van der Waals surface area contributed by atoms with Crippen molar-refractivity contribution in [2.75, 3.05) is 6.61 Å². The van der Waals surface area contributed by atoms with E-state index in [0.29, 0.717) is 18.6 Å². The first-order valence-corrected chi connectivity index (χ1v) is 4.12. The molecule has 0 radical (unpaired) electrons. The Morgan fingerprint density at radius 1 is 1.45 bits per heavy atom.